The largest absolute Gasteiger partial charge is 0.378 e. The van der Waals surface area contributed by atoms with Crippen molar-refractivity contribution in [3.63, 3.8) is 0 Å². The second-order valence-corrected chi connectivity index (χ2v) is 6.27. The summed E-state index contributed by atoms with van der Waals surface area (Å²) in [5.74, 6) is -1.29. The predicted molar refractivity (Wildman–Crippen MR) is 86.0 cm³/mol. The lowest BCUT2D eigenvalue weighted by molar-refractivity contribution is -0.137. The summed E-state index contributed by atoms with van der Waals surface area (Å²) < 4.78 is 5.34. The van der Waals surface area contributed by atoms with E-state index in [2.05, 4.69) is 15.5 Å². The quantitative estimate of drug-likeness (QED) is 0.810. The van der Waals surface area contributed by atoms with Crippen molar-refractivity contribution in [1.82, 2.24) is 5.32 Å². The Morgan fingerprint density at radius 2 is 1.73 bits per heavy atom. The number of benzene rings is 1. The second-order valence-electron chi connectivity index (χ2n) is 6.27. The summed E-state index contributed by atoms with van der Waals surface area (Å²) in [7, 11) is 0. The van der Waals surface area contributed by atoms with E-state index in [-0.39, 0.29) is 0 Å². The lowest BCUT2D eigenvalue weighted by atomic mass is 10.1. The molecule has 1 fully saturated rings. The van der Waals surface area contributed by atoms with Gasteiger partial charge >= 0.3 is 11.8 Å². The van der Waals surface area contributed by atoms with Crippen molar-refractivity contribution in [2.45, 2.75) is 26.3 Å². The van der Waals surface area contributed by atoms with E-state index in [1.807, 2.05) is 39.0 Å². The van der Waals surface area contributed by atoms with Gasteiger partial charge in [-0.05, 0) is 32.9 Å². The highest BCUT2D eigenvalue weighted by atomic mass is 16.5. The lowest BCUT2D eigenvalue weighted by Crippen LogP contribution is -2.46. The Kier molecular flexibility index (Phi) is 5.03. The zero-order chi connectivity index (χ0) is 16.2. The molecule has 1 aromatic carbocycles. The molecule has 0 radical (unpaired) electrons. The minimum Gasteiger partial charge on any atom is -0.378 e. The van der Waals surface area contributed by atoms with Crippen LogP contribution in [0.1, 0.15) is 20.8 Å². The molecule has 0 spiro atoms. The first-order chi connectivity index (χ1) is 10.4. The molecule has 0 atom stereocenters. The van der Waals surface area contributed by atoms with Crippen LogP contribution in [-0.2, 0) is 14.3 Å². The Labute approximate surface area is 130 Å². The third-order valence-corrected chi connectivity index (χ3v) is 3.20. The van der Waals surface area contributed by atoms with Gasteiger partial charge < -0.3 is 20.3 Å². The van der Waals surface area contributed by atoms with Crippen molar-refractivity contribution >= 4 is 23.2 Å². The standard InChI is InChI=1S/C16H23N3O3/c1-16(2,3)18-15(21)14(20)17-12-6-4-5-7-13(12)19-8-10-22-11-9-19/h4-7H,8-11H2,1-3H3,(H,17,20)(H,18,21). The smallest absolute Gasteiger partial charge is 0.313 e. The Bertz CT molecular complexity index is 546. The van der Waals surface area contributed by atoms with E-state index in [0.717, 1.165) is 18.8 Å². The SMILES string of the molecule is CC(C)(C)NC(=O)C(=O)Nc1ccccc1N1CCOCC1. The predicted octanol–water partition coefficient (Wildman–Crippen LogP) is 1.38. The molecule has 0 bridgehead atoms. The molecular formula is C16H23N3O3. The first kappa shape index (κ1) is 16.3. The number of carbonyl (C=O) groups excluding carboxylic acids is 2. The van der Waals surface area contributed by atoms with Crippen molar-refractivity contribution in [3.8, 4) is 0 Å². The Morgan fingerprint density at radius 1 is 1.09 bits per heavy atom. The van der Waals surface area contributed by atoms with Crippen LogP contribution in [0.3, 0.4) is 0 Å². The second kappa shape index (κ2) is 6.79. The van der Waals surface area contributed by atoms with Gasteiger partial charge in [-0.2, -0.15) is 0 Å². The Morgan fingerprint density at radius 3 is 2.36 bits per heavy atom. The molecule has 120 valence electrons. The van der Waals surface area contributed by atoms with E-state index >= 15 is 0 Å². The van der Waals surface area contributed by atoms with Crippen LogP contribution in [0.15, 0.2) is 24.3 Å². The molecule has 1 aliphatic rings. The summed E-state index contributed by atoms with van der Waals surface area (Å²) in [6.45, 7) is 8.35. The van der Waals surface area contributed by atoms with Gasteiger partial charge in [-0.1, -0.05) is 12.1 Å². The van der Waals surface area contributed by atoms with Crippen molar-refractivity contribution in [2.75, 3.05) is 36.5 Å². The van der Waals surface area contributed by atoms with Gasteiger partial charge in [-0.15, -0.1) is 0 Å². The van der Waals surface area contributed by atoms with Crippen LogP contribution in [0.5, 0.6) is 0 Å². The maximum absolute atomic E-state index is 12.1. The van der Waals surface area contributed by atoms with E-state index in [9.17, 15) is 9.59 Å². The van der Waals surface area contributed by atoms with Crippen LogP contribution in [0, 0.1) is 0 Å². The van der Waals surface area contributed by atoms with E-state index < -0.39 is 17.4 Å². The molecule has 1 saturated heterocycles. The molecule has 2 amide bonds. The third kappa shape index (κ3) is 4.46. The van der Waals surface area contributed by atoms with Crippen LogP contribution in [0.4, 0.5) is 11.4 Å². The molecule has 1 aromatic rings. The molecule has 0 aliphatic carbocycles. The molecule has 1 heterocycles. The average Bonchev–Trinajstić information content (AvgIpc) is 2.47. The maximum atomic E-state index is 12.1. The number of para-hydroxylation sites is 2. The number of anilines is 2. The van der Waals surface area contributed by atoms with Gasteiger partial charge in [0.1, 0.15) is 0 Å². The minimum absolute atomic E-state index is 0.446. The van der Waals surface area contributed by atoms with E-state index in [1.165, 1.54) is 0 Å². The third-order valence-electron chi connectivity index (χ3n) is 3.20. The molecule has 0 aromatic heterocycles. The number of morpholine rings is 1. The maximum Gasteiger partial charge on any atom is 0.313 e. The number of nitrogens with one attached hydrogen (secondary N) is 2. The molecule has 2 rings (SSSR count). The number of carbonyl (C=O) groups is 2. The highest BCUT2D eigenvalue weighted by Crippen LogP contribution is 2.26. The number of nitrogens with zero attached hydrogens (tertiary/aromatic N) is 1. The van der Waals surface area contributed by atoms with Crippen molar-refractivity contribution in [1.29, 1.82) is 0 Å². The van der Waals surface area contributed by atoms with E-state index in [1.54, 1.807) is 6.07 Å². The van der Waals surface area contributed by atoms with E-state index in [0.29, 0.717) is 18.9 Å². The topological polar surface area (TPSA) is 70.7 Å². The Hall–Kier alpha value is -2.08. The van der Waals surface area contributed by atoms with Gasteiger partial charge in [0, 0.05) is 18.6 Å². The summed E-state index contributed by atoms with van der Waals surface area (Å²) in [4.78, 5) is 26.1. The molecular weight excluding hydrogens is 282 g/mol. The first-order valence-electron chi connectivity index (χ1n) is 7.42. The van der Waals surface area contributed by atoms with Crippen molar-refractivity contribution in [2.24, 2.45) is 0 Å². The first-order valence-corrected chi connectivity index (χ1v) is 7.42. The normalized spacial score (nSPS) is 15.3. The fraction of sp³-hybridized carbons (Fsp3) is 0.500. The number of hydrogen-bond donors (Lipinski definition) is 2. The number of amides is 2. The summed E-state index contributed by atoms with van der Waals surface area (Å²) in [5, 5.41) is 5.35. The van der Waals surface area contributed by atoms with E-state index in [4.69, 9.17) is 4.74 Å². The molecule has 6 nitrogen and oxygen atoms in total. The lowest BCUT2D eigenvalue weighted by Gasteiger charge is -2.30. The summed E-state index contributed by atoms with van der Waals surface area (Å²) in [5.41, 5.74) is 1.10. The average molecular weight is 305 g/mol. The van der Waals surface area contributed by atoms with Crippen molar-refractivity contribution < 1.29 is 14.3 Å². The molecule has 6 heteroatoms. The zero-order valence-corrected chi connectivity index (χ0v) is 13.3. The van der Waals surface area contributed by atoms with Gasteiger partial charge in [0.05, 0.1) is 24.6 Å². The van der Waals surface area contributed by atoms with Crippen LogP contribution >= 0.6 is 0 Å². The Balaban J connectivity index is 2.09. The molecule has 1 aliphatic heterocycles. The van der Waals surface area contributed by atoms with Gasteiger partial charge in [0.2, 0.25) is 0 Å². The van der Waals surface area contributed by atoms with Gasteiger partial charge in [-0.3, -0.25) is 9.59 Å². The number of rotatable bonds is 2. The monoisotopic (exact) mass is 305 g/mol. The minimum atomic E-state index is -0.657. The van der Waals surface area contributed by atoms with Crippen LogP contribution in [0.25, 0.3) is 0 Å². The number of hydrogen-bond acceptors (Lipinski definition) is 4. The molecule has 0 saturated carbocycles. The highest BCUT2D eigenvalue weighted by molar-refractivity contribution is 6.40. The molecule has 2 N–H and O–H groups in total. The zero-order valence-electron chi connectivity index (χ0n) is 13.3. The van der Waals surface area contributed by atoms with Gasteiger partial charge in [0.15, 0.2) is 0 Å². The fourth-order valence-electron chi connectivity index (χ4n) is 2.24. The van der Waals surface area contributed by atoms with Crippen LogP contribution < -0.4 is 15.5 Å². The summed E-state index contributed by atoms with van der Waals surface area (Å²) in [6, 6.07) is 7.48. The molecule has 0 unspecified atom stereocenters. The number of ether oxygens (including phenoxy) is 1. The molecule has 22 heavy (non-hydrogen) atoms. The van der Waals surface area contributed by atoms with Crippen LogP contribution in [-0.4, -0.2) is 43.7 Å². The highest BCUT2D eigenvalue weighted by Gasteiger charge is 2.22. The van der Waals surface area contributed by atoms with Gasteiger partial charge in [-0.25, -0.2) is 0 Å². The van der Waals surface area contributed by atoms with Gasteiger partial charge in [0.25, 0.3) is 0 Å². The van der Waals surface area contributed by atoms with Crippen molar-refractivity contribution in [3.05, 3.63) is 24.3 Å². The fourth-order valence-corrected chi connectivity index (χ4v) is 2.24. The summed E-state index contributed by atoms with van der Waals surface area (Å²) >= 11 is 0. The van der Waals surface area contributed by atoms with Crippen LogP contribution in [0.2, 0.25) is 0 Å². The summed E-state index contributed by atoms with van der Waals surface area (Å²) in [6.07, 6.45) is 0.